The summed E-state index contributed by atoms with van der Waals surface area (Å²) in [5.41, 5.74) is -0.0637. The van der Waals surface area contributed by atoms with Crippen LogP contribution in [0, 0.1) is 5.41 Å². The van der Waals surface area contributed by atoms with Crippen LogP contribution in [-0.2, 0) is 9.53 Å². The van der Waals surface area contributed by atoms with Gasteiger partial charge in [-0.3, -0.25) is 4.79 Å². The maximum absolute atomic E-state index is 11.3. The number of ether oxygens (including phenoxy) is 1. The van der Waals surface area contributed by atoms with Crippen molar-refractivity contribution in [3.05, 3.63) is 12.7 Å². The first-order valence-electron chi connectivity index (χ1n) is 5.50. The van der Waals surface area contributed by atoms with E-state index in [0.717, 1.165) is 0 Å². The summed E-state index contributed by atoms with van der Waals surface area (Å²) in [7, 11) is 0. The molecule has 17 heavy (non-hydrogen) atoms. The van der Waals surface area contributed by atoms with Gasteiger partial charge in [-0.2, -0.15) is 0 Å². The Morgan fingerprint density at radius 2 is 2.06 bits per heavy atom. The van der Waals surface area contributed by atoms with Crippen LogP contribution in [0.2, 0.25) is 0 Å². The van der Waals surface area contributed by atoms with Crippen molar-refractivity contribution in [2.45, 2.75) is 39.7 Å². The fourth-order valence-electron chi connectivity index (χ4n) is 1.47. The Bertz CT molecular complexity index is 281. The fourth-order valence-corrected chi connectivity index (χ4v) is 1.47. The average Bonchev–Trinajstić information content (AvgIpc) is 2.10. The van der Waals surface area contributed by atoms with E-state index in [1.165, 1.54) is 6.08 Å². The molecule has 0 aliphatic heterocycles. The van der Waals surface area contributed by atoms with Crippen molar-refractivity contribution >= 4 is 12.1 Å². The number of amides is 1. The first kappa shape index (κ1) is 15.5. The minimum absolute atomic E-state index is 0.0637. The normalized spacial score (nSPS) is 12.6. The number of carboxylic acid groups (broad SMARTS) is 1. The molecule has 0 aliphatic carbocycles. The Balaban J connectivity index is 4.32. The molecule has 0 rings (SSSR count). The van der Waals surface area contributed by atoms with E-state index in [1.54, 1.807) is 0 Å². The van der Waals surface area contributed by atoms with Gasteiger partial charge in [0.15, 0.2) is 0 Å². The standard InChI is InChI=1S/C12H21NO4/c1-5-6-17-11(16)13-9(7-10(14)15)8-12(2,3)4/h5,9H,1,6-8H2,2-4H3,(H,13,16)(H,14,15). The molecule has 0 aliphatic rings. The zero-order valence-electron chi connectivity index (χ0n) is 10.7. The number of carboxylic acids is 1. The van der Waals surface area contributed by atoms with Gasteiger partial charge in [-0.05, 0) is 11.8 Å². The number of alkyl carbamates (subject to hydrolysis) is 1. The van der Waals surface area contributed by atoms with E-state index < -0.39 is 18.1 Å². The van der Waals surface area contributed by atoms with Crippen LogP contribution in [0.3, 0.4) is 0 Å². The highest BCUT2D eigenvalue weighted by Gasteiger charge is 2.23. The third kappa shape index (κ3) is 9.41. The molecular weight excluding hydrogens is 222 g/mol. The van der Waals surface area contributed by atoms with E-state index in [0.29, 0.717) is 6.42 Å². The third-order valence-electron chi connectivity index (χ3n) is 1.93. The first-order chi connectivity index (χ1) is 7.74. The van der Waals surface area contributed by atoms with Crippen molar-refractivity contribution in [3.63, 3.8) is 0 Å². The van der Waals surface area contributed by atoms with Gasteiger partial charge in [0.05, 0.1) is 6.42 Å². The zero-order valence-corrected chi connectivity index (χ0v) is 10.7. The van der Waals surface area contributed by atoms with E-state index in [4.69, 9.17) is 9.84 Å². The summed E-state index contributed by atoms with van der Waals surface area (Å²) in [6, 6.07) is -0.426. The van der Waals surface area contributed by atoms with Crippen molar-refractivity contribution in [2.75, 3.05) is 6.61 Å². The SMILES string of the molecule is C=CCOC(=O)NC(CC(=O)O)CC(C)(C)C. The van der Waals surface area contributed by atoms with Crippen molar-refractivity contribution in [2.24, 2.45) is 5.41 Å². The van der Waals surface area contributed by atoms with Gasteiger partial charge in [0.25, 0.3) is 0 Å². The van der Waals surface area contributed by atoms with E-state index in [9.17, 15) is 9.59 Å². The summed E-state index contributed by atoms with van der Waals surface area (Å²) in [6.45, 7) is 9.49. The van der Waals surface area contributed by atoms with E-state index in [-0.39, 0.29) is 18.4 Å². The topological polar surface area (TPSA) is 75.6 Å². The minimum Gasteiger partial charge on any atom is -0.481 e. The number of hydrogen-bond donors (Lipinski definition) is 2. The first-order valence-corrected chi connectivity index (χ1v) is 5.50. The molecule has 1 atom stereocenters. The molecule has 0 aromatic carbocycles. The third-order valence-corrected chi connectivity index (χ3v) is 1.93. The maximum atomic E-state index is 11.3. The zero-order chi connectivity index (χ0) is 13.5. The number of rotatable bonds is 6. The molecule has 2 N–H and O–H groups in total. The Labute approximate surface area is 102 Å². The smallest absolute Gasteiger partial charge is 0.407 e. The largest absolute Gasteiger partial charge is 0.481 e. The molecule has 0 spiro atoms. The molecule has 0 heterocycles. The summed E-state index contributed by atoms with van der Waals surface area (Å²) < 4.78 is 4.76. The molecule has 0 aromatic heterocycles. The van der Waals surface area contributed by atoms with Crippen LogP contribution >= 0.6 is 0 Å². The minimum atomic E-state index is -0.941. The van der Waals surface area contributed by atoms with Crippen LogP contribution in [0.15, 0.2) is 12.7 Å². The summed E-state index contributed by atoms with van der Waals surface area (Å²) in [4.78, 5) is 22.0. The molecule has 1 unspecified atom stereocenters. The van der Waals surface area contributed by atoms with Crippen LogP contribution in [0.4, 0.5) is 4.79 Å². The maximum Gasteiger partial charge on any atom is 0.407 e. The second-order valence-electron chi connectivity index (χ2n) is 5.09. The van der Waals surface area contributed by atoms with Gasteiger partial charge in [-0.1, -0.05) is 33.4 Å². The van der Waals surface area contributed by atoms with Gasteiger partial charge in [0.2, 0.25) is 0 Å². The highest BCUT2D eigenvalue weighted by Crippen LogP contribution is 2.22. The number of nitrogens with one attached hydrogen (secondary N) is 1. The van der Waals surface area contributed by atoms with Crippen molar-refractivity contribution in [1.29, 1.82) is 0 Å². The summed E-state index contributed by atoms with van der Waals surface area (Å²) >= 11 is 0. The van der Waals surface area contributed by atoms with Crippen molar-refractivity contribution in [3.8, 4) is 0 Å². The molecule has 0 radical (unpaired) electrons. The monoisotopic (exact) mass is 243 g/mol. The van der Waals surface area contributed by atoms with Gasteiger partial charge in [-0.15, -0.1) is 0 Å². The van der Waals surface area contributed by atoms with Gasteiger partial charge in [0, 0.05) is 6.04 Å². The Morgan fingerprint density at radius 1 is 1.47 bits per heavy atom. The Morgan fingerprint density at radius 3 is 2.47 bits per heavy atom. The molecule has 1 amide bonds. The highest BCUT2D eigenvalue weighted by atomic mass is 16.5. The molecule has 5 heteroatoms. The van der Waals surface area contributed by atoms with Gasteiger partial charge in [0.1, 0.15) is 6.61 Å². The Kier molecular flexibility index (Phi) is 6.31. The second kappa shape index (κ2) is 6.93. The van der Waals surface area contributed by atoms with E-state index in [1.807, 2.05) is 20.8 Å². The van der Waals surface area contributed by atoms with Crippen LogP contribution in [-0.4, -0.2) is 29.8 Å². The lowest BCUT2D eigenvalue weighted by atomic mass is 9.87. The molecular formula is C12H21NO4. The van der Waals surface area contributed by atoms with Gasteiger partial charge in [-0.25, -0.2) is 4.79 Å². The molecule has 98 valence electrons. The predicted octanol–water partition coefficient (Wildman–Crippen LogP) is 2.18. The second-order valence-corrected chi connectivity index (χ2v) is 5.09. The van der Waals surface area contributed by atoms with Crippen molar-refractivity contribution < 1.29 is 19.4 Å². The van der Waals surface area contributed by atoms with Crippen LogP contribution in [0.5, 0.6) is 0 Å². The number of carbonyl (C=O) groups excluding carboxylic acids is 1. The molecule has 0 saturated heterocycles. The molecule has 5 nitrogen and oxygen atoms in total. The number of aliphatic carboxylic acids is 1. The van der Waals surface area contributed by atoms with Crippen LogP contribution in [0.1, 0.15) is 33.6 Å². The molecule has 0 aromatic rings. The fraction of sp³-hybridized carbons (Fsp3) is 0.667. The van der Waals surface area contributed by atoms with Crippen molar-refractivity contribution in [1.82, 2.24) is 5.32 Å². The van der Waals surface area contributed by atoms with E-state index >= 15 is 0 Å². The summed E-state index contributed by atoms with van der Waals surface area (Å²) in [6.07, 6.45) is 1.30. The lowest BCUT2D eigenvalue weighted by Crippen LogP contribution is -2.39. The predicted molar refractivity (Wildman–Crippen MR) is 64.8 cm³/mol. The molecule has 0 bridgehead atoms. The Hall–Kier alpha value is -1.52. The number of hydrogen-bond acceptors (Lipinski definition) is 3. The number of carbonyl (C=O) groups is 2. The summed E-state index contributed by atoms with van der Waals surface area (Å²) in [5.74, 6) is -0.941. The van der Waals surface area contributed by atoms with E-state index in [2.05, 4.69) is 11.9 Å². The quantitative estimate of drug-likeness (QED) is 0.701. The summed E-state index contributed by atoms with van der Waals surface area (Å²) in [5, 5.41) is 11.3. The lowest BCUT2D eigenvalue weighted by molar-refractivity contribution is -0.137. The highest BCUT2D eigenvalue weighted by molar-refractivity contribution is 5.71. The van der Waals surface area contributed by atoms with Crippen LogP contribution < -0.4 is 5.32 Å². The average molecular weight is 243 g/mol. The van der Waals surface area contributed by atoms with Gasteiger partial charge >= 0.3 is 12.1 Å². The van der Waals surface area contributed by atoms with Crippen LogP contribution in [0.25, 0.3) is 0 Å². The molecule has 0 saturated carbocycles. The van der Waals surface area contributed by atoms with Gasteiger partial charge < -0.3 is 15.2 Å². The lowest BCUT2D eigenvalue weighted by Gasteiger charge is -2.25. The molecule has 0 fully saturated rings.